The van der Waals surface area contributed by atoms with Crippen molar-refractivity contribution >= 4 is 5.91 Å². The molecule has 0 radical (unpaired) electrons. The summed E-state index contributed by atoms with van der Waals surface area (Å²) >= 11 is 0. The number of carbonyl (C=O) groups excluding carboxylic acids is 1. The Kier molecular flexibility index (Phi) is 4.65. The Bertz CT molecular complexity index is 826. The van der Waals surface area contributed by atoms with Crippen LogP contribution in [0.3, 0.4) is 0 Å². The zero-order valence-electron chi connectivity index (χ0n) is 15.1. The number of aliphatic hydroxyl groups is 1. The molecule has 2 aliphatic rings. The number of hydrogen-bond acceptors (Lipinski definition) is 4. The topological polar surface area (TPSA) is 82.1 Å². The maximum Gasteiger partial charge on any atom is 0.398 e. The Morgan fingerprint density at radius 2 is 1.96 bits per heavy atom. The van der Waals surface area contributed by atoms with Gasteiger partial charge in [-0.3, -0.25) is 4.79 Å². The Morgan fingerprint density at radius 3 is 2.50 bits per heavy atom. The highest BCUT2D eigenvalue weighted by Crippen LogP contribution is 2.58. The second-order valence-electron chi connectivity index (χ2n) is 7.72. The second-order valence-corrected chi connectivity index (χ2v) is 7.72. The highest BCUT2D eigenvalue weighted by atomic mass is 19.4. The van der Waals surface area contributed by atoms with Crippen molar-refractivity contribution in [3.05, 3.63) is 47.3 Å². The molecule has 2 fully saturated rings. The highest BCUT2D eigenvalue weighted by molar-refractivity contribution is 5.77. The lowest BCUT2D eigenvalue weighted by Crippen LogP contribution is -2.49. The smallest absolute Gasteiger partial charge is 0.392 e. The summed E-state index contributed by atoms with van der Waals surface area (Å²) in [4.78, 5) is 13.9. The lowest BCUT2D eigenvalue weighted by atomic mass is 9.87. The number of H-pyrrole nitrogens is 1. The fourth-order valence-electron chi connectivity index (χ4n) is 3.80. The van der Waals surface area contributed by atoms with Gasteiger partial charge >= 0.3 is 6.18 Å². The van der Waals surface area contributed by atoms with Crippen molar-refractivity contribution in [3.8, 4) is 0 Å². The van der Waals surface area contributed by atoms with Gasteiger partial charge in [0.05, 0.1) is 29.8 Å². The summed E-state index contributed by atoms with van der Waals surface area (Å²) in [7, 11) is 0. The number of halogens is 3. The van der Waals surface area contributed by atoms with Crippen LogP contribution < -0.4 is 0 Å². The minimum Gasteiger partial charge on any atom is -0.392 e. The van der Waals surface area contributed by atoms with E-state index in [4.69, 9.17) is 0 Å². The molecule has 2 aromatic rings. The molecule has 1 atom stereocenters. The summed E-state index contributed by atoms with van der Waals surface area (Å²) in [5, 5.41) is 20.0. The van der Waals surface area contributed by atoms with Gasteiger partial charge in [-0.05, 0) is 24.0 Å². The number of aromatic nitrogens is 3. The molecule has 9 heteroatoms. The number of aromatic amines is 1. The van der Waals surface area contributed by atoms with Crippen LogP contribution in [-0.2, 0) is 16.6 Å². The fourth-order valence-corrected chi connectivity index (χ4v) is 3.80. The average molecular weight is 394 g/mol. The van der Waals surface area contributed by atoms with Gasteiger partial charge in [-0.2, -0.15) is 28.6 Å². The van der Waals surface area contributed by atoms with E-state index in [2.05, 4.69) is 15.4 Å². The lowest BCUT2D eigenvalue weighted by molar-refractivity contribution is -0.160. The van der Waals surface area contributed by atoms with Crippen molar-refractivity contribution < 1.29 is 23.1 Å². The number of rotatable bonds is 6. The van der Waals surface area contributed by atoms with Crippen LogP contribution in [0, 0.1) is 0 Å². The van der Waals surface area contributed by atoms with Gasteiger partial charge in [0.2, 0.25) is 5.91 Å². The van der Waals surface area contributed by atoms with E-state index < -0.39 is 17.7 Å². The fraction of sp³-hybridized carbons (Fsp3) is 0.526. The zero-order valence-corrected chi connectivity index (χ0v) is 15.1. The molecule has 28 heavy (non-hydrogen) atoms. The Balaban J connectivity index is 1.28. The molecule has 2 heterocycles. The van der Waals surface area contributed by atoms with E-state index in [1.165, 1.54) is 6.20 Å². The first-order chi connectivity index (χ1) is 13.3. The molecule has 1 aromatic carbocycles. The molecule has 4 rings (SSSR count). The van der Waals surface area contributed by atoms with Gasteiger partial charge in [0.1, 0.15) is 0 Å². The van der Waals surface area contributed by atoms with Crippen LogP contribution in [0.15, 0.2) is 30.5 Å². The van der Waals surface area contributed by atoms with Crippen molar-refractivity contribution in [1.29, 1.82) is 0 Å². The molecule has 1 saturated carbocycles. The quantitative estimate of drug-likeness (QED) is 0.788. The van der Waals surface area contributed by atoms with Crippen molar-refractivity contribution in [3.63, 3.8) is 0 Å². The number of likely N-dealkylation sites (tertiary alicyclic amines) is 1. The molecule has 1 amide bonds. The summed E-state index contributed by atoms with van der Waals surface area (Å²) in [6.45, 7) is 1.03. The minimum absolute atomic E-state index is 0.00657. The molecule has 150 valence electrons. The monoisotopic (exact) mass is 394 g/mol. The SMILES string of the molecule is O=C(CC(O)Cc1cn[nH]n1)N1CC(c2ccc(C3(C(F)(F)F)CC3)cc2)C1. The van der Waals surface area contributed by atoms with E-state index >= 15 is 0 Å². The Hall–Kier alpha value is -2.42. The van der Waals surface area contributed by atoms with Crippen LogP contribution in [0.1, 0.15) is 42.0 Å². The van der Waals surface area contributed by atoms with E-state index in [1.807, 2.05) is 0 Å². The van der Waals surface area contributed by atoms with E-state index in [1.54, 1.807) is 29.2 Å². The Labute approximate surface area is 159 Å². The van der Waals surface area contributed by atoms with Crippen LogP contribution in [-0.4, -0.2) is 56.7 Å². The first-order valence-electron chi connectivity index (χ1n) is 9.26. The molecule has 0 spiro atoms. The molecule has 1 aliphatic carbocycles. The zero-order chi connectivity index (χ0) is 19.9. The number of nitrogens with one attached hydrogen (secondary N) is 1. The number of nitrogens with zero attached hydrogens (tertiary/aromatic N) is 3. The van der Waals surface area contributed by atoms with Gasteiger partial charge in [0.15, 0.2) is 0 Å². The third-order valence-corrected chi connectivity index (χ3v) is 5.78. The van der Waals surface area contributed by atoms with Crippen LogP contribution in [0.5, 0.6) is 0 Å². The summed E-state index contributed by atoms with van der Waals surface area (Å²) in [6, 6.07) is 6.63. The summed E-state index contributed by atoms with van der Waals surface area (Å²) < 4.78 is 39.6. The molecule has 0 bridgehead atoms. The normalized spacial score (nSPS) is 19.9. The van der Waals surface area contributed by atoms with E-state index in [-0.39, 0.29) is 37.5 Å². The summed E-state index contributed by atoms with van der Waals surface area (Å²) in [6.07, 6.45) is -2.97. The highest BCUT2D eigenvalue weighted by Gasteiger charge is 2.64. The predicted octanol–water partition coefficient (Wildman–Crippen LogP) is 2.32. The predicted molar refractivity (Wildman–Crippen MR) is 93.4 cm³/mol. The van der Waals surface area contributed by atoms with E-state index in [9.17, 15) is 23.1 Å². The van der Waals surface area contributed by atoms with Crippen molar-refractivity contribution in [2.75, 3.05) is 13.1 Å². The van der Waals surface area contributed by atoms with E-state index in [0.717, 1.165) is 5.56 Å². The molecular formula is C19H21F3N4O2. The third kappa shape index (κ3) is 3.50. The third-order valence-electron chi connectivity index (χ3n) is 5.78. The van der Waals surface area contributed by atoms with Crippen LogP contribution in [0.25, 0.3) is 0 Å². The Morgan fingerprint density at radius 1 is 1.29 bits per heavy atom. The van der Waals surface area contributed by atoms with Gasteiger partial charge in [0, 0.05) is 25.4 Å². The standard InChI is InChI=1S/C19H21F3N4O2/c20-19(21,22)18(5-6-18)14-3-1-12(2-4-14)13-10-26(11-13)17(28)8-16(27)7-15-9-23-25-24-15/h1-4,9,13,16,27H,5-8,10-11H2,(H,23,24,25). The van der Waals surface area contributed by atoms with Crippen LogP contribution in [0.2, 0.25) is 0 Å². The van der Waals surface area contributed by atoms with Crippen LogP contribution >= 0.6 is 0 Å². The van der Waals surface area contributed by atoms with Gasteiger partial charge in [-0.1, -0.05) is 24.3 Å². The van der Waals surface area contributed by atoms with Crippen molar-refractivity contribution in [2.24, 2.45) is 0 Å². The van der Waals surface area contributed by atoms with E-state index in [0.29, 0.717) is 24.3 Å². The molecule has 6 nitrogen and oxygen atoms in total. The number of amides is 1. The number of carbonyl (C=O) groups is 1. The molecule has 2 N–H and O–H groups in total. The summed E-state index contributed by atoms with van der Waals surface area (Å²) in [5.41, 5.74) is 0.197. The molecular weight excluding hydrogens is 373 g/mol. The van der Waals surface area contributed by atoms with Gasteiger partial charge in [0.25, 0.3) is 0 Å². The largest absolute Gasteiger partial charge is 0.398 e. The van der Waals surface area contributed by atoms with Gasteiger partial charge in [-0.15, -0.1) is 0 Å². The van der Waals surface area contributed by atoms with Crippen LogP contribution in [0.4, 0.5) is 13.2 Å². The minimum atomic E-state index is -4.21. The molecule has 1 unspecified atom stereocenters. The van der Waals surface area contributed by atoms with Gasteiger partial charge < -0.3 is 10.0 Å². The number of aliphatic hydroxyl groups excluding tert-OH is 1. The average Bonchev–Trinajstić information content (AvgIpc) is 3.26. The molecule has 1 aromatic heterocycles. The van der Waals surface area contributed by atoms with Crippen molar-refractivity contribution in [1.82, 2.24) is 20.3 Å². The van der Waals surface area contributed by atoms with Crippen molar-refractivity contribution in [2.45, 2.75) is 49.3 Å². The molecule has 1 saturated heterocycles. The number of benzene rings is 1. The number of hydrogen-bond donors (Lipinski definition) is 2. The maximum absolute atomic E-state index is 13.2. The maximum atomic E-state index is 13.2. The summed E-state index contributed by atoms with van der Waals surface area (Å²) in [5.74, 6) is -0.0235. The second kappa shape index (κ2) is 6.88. The lowest BCUT2D eigenvalue weighted by Gasteiger charge is -2.40. The first-order valence-corrected chi connectivity index (χ1v) is 9.26. The molecule has 1 aliphatic heterocycles. The van der Waals surface area contributed by atoms with Gasteiger partial charge in [-0.25, -0.2) is 0 Å². The first kappa shape index (κ1) is 18.9. The number of alkyl halides is 3.